The number of halogens is 2. The summed E-state index contributed by atoms with van der Waals surface area (Å²) in [6.45, 7) is 5.11. The maximum Gasteiger partial charge on any atom is 0.191 e. The molecule has 0 aliphatic heterocycles. The third-order valence-corrected chi connectivity index (χ3v) is 3.97. The highest BCUT2D eigenvalue weighted by molar-refractivity contribution is 14.0. The van der Waals surface area contributed by atoms with Crippen LogP contribution < -0.4 is 10.6 Å². The molecule has 0 bridgehead atoms. The molecule has 0 amide bonds. The third-order valence-electron chi connectivity index (χ3n) is 2.27. The van der Waals surface area contributed by atoms with E-state index in [1.165, 1.54) is 4.88 Å². The van der Waals surface area contributed by atoms with Crippen molar-refractivity contribution in [1.82, 2.24) is 10.6 Å². The van der Waals surface area contributed by atoms with Crippen molar-refractivity contribution in [3.63, 3.8) is 0 Å². The van der Waals surface area contributed by atoms with Gasteiger partial charge in [0.05, 0.1) is 6.54 Å². The van der Waals surface area contributed by atoms with Crippen molar-refractivity contribution in [3.05, 3.63) is 20.8 Å². The van der Waals surface area contributed by atoms with E-state index in [9.17, 15) is 0 Å². The molecule has 0 saturated heterocycles. The van der Waals surface area contributed by atoms with Crippen molar-refractivity contribution in [2.45, 2.75) is 32.9 Å². The summed E-state index contributed by atoms with van der Waals surface area (Å²) in [5, 5.41) is 8.70. The fourth-order valence-corrected chi connectivity index (χ4v) is 2.54. The van der Waals surface area contributed by atoms with Crippen molar-refractivity contribution in [2.75, 3.05) is 7.05 Å². The lowest BCUT2D eigenvalue weighted by Gasteiger charge is -2.15. The van der Waals surface area contributed by atoms with E-state index in [0.29, 0.717) is 6.04 Å². The summed E-state index contributed by atoms with van der Waals surface area (Å²) < 4.78 is 1.14. The summed E-state index contributed by atoms with van der Waals surface area (Å²) in [6.07, 6.45) is 1.09. The molecule has 0 radical (unpaired) electrons. The fourth-order valence-electron chi connectivity index (χ4n) is 1.15. The molecule has 1 heterocycles. The van der Waals surface area contributed by atoms with Gasteiger partial charge in [-0.05, 0) is 35.3 Å². The van der Waals surface area contributed by atoms with Gasteiger partial charge < -0.3 is 10.6 Å². The zero-order valence-corrected chi connectivity index (χ0v) is 15.0. The Bertz CT molecular complexity index is 354. The Labute approximate surface area is 133 Å². The van der Waals surface area contributed by atoms with Crippen LogP contribution in [0.1, 0.15) is 25.1 Å². The van der Waals surface area contributed by atoms with E-state index in [-0.39, 0.29) is 24.0 Å². The molecule has 6 heteroatoms. The number of thiophene rings is 1. The number of aliphatic imine (C=N–C) groups is 1. The van der Waals surface area contributed by atoms with Gasteiger partial charge >= 0.3 is 0 Å². The molecule has 0 spiro atoms. The highest BCUT2D eigenvalue weighted by atomic mass is 127. The number of guanidine groups is 1. The number of hydrogen-bond acceptors (Lipinski definition) is 2. The number of nitrogens with one attached hydrogen (secondary N) is 2. The lowest BCUT2D eigenvalue weighted by molar-refractivity contribution is 0.624. The van der Waals surface area contributed by atoms with Gasteiger partial charge in [-0.3, -0.25) is 4.99 Å². The molecule has 0 aromatic carbocycles. The highest BCUT2D eigenvalue weighted by Crippen LogP contribution is 2.19. The molecule has 3 nitrogen and oxygen atoms in total. The summed E-state index contributed by atoms with van der Waals surface area (Å²) >= 11 is 5.18. The first-order valence-corrected chi connectivity index (χ1v) is 7.03. The number of rotatable bonds is 4. The zero-order chi connectivity index (χ0) is 12.0. The summed E-state index contributed by atoms with van der Waals surface area (Å²) in [6, 6.07) is 2.56. The van der Waals surface area contributed by atoms with Crippen molar-refractivity contribution >= 4 is 57.2 Å². The van der Waals surface area contributed by atoms with Crippen LogP contribution in [-0.2, 0) is 6.54 Å². The van der Waals surface area contributed by atoms with E-state index >= 15 is 0 Å². The minimum atomic E-state index is 0. The monoisotopic (exact) mass is 431 g/mol. The summed E-state index contributed by atoms with van der Waals surface area (Å²) in [5.74, 6) is 0.860. The Morgan fingerprint density at radius 1 is 1.59 bits per heavy atom. The van der Waals surface area contributed by atoms with Gasteiger partial charge in [-0.2, -0.15) is 0 Å². The molecule has 17 heavy (non-hydrogen) atoms. The quantitative estimate of drug-likeness (QED) is 0.434. The van der Waals surface area contributed by atoms with Gasteiger partial charge in [0.15, 0.2) is 5.96 Å². The number of hydrogen-bond donors (Lipinski definition) is 2. The van der Waals surface area contributed by atoms with Crippen LogP contribution >= 0.6 is 51.2 Å². The van der Waals surface area contributed by atoms with Gasteiger partial charge in [-0.15, -0.1) is 35.3 Å². The van der Waals surface area contributed by atoms with Gasteiger partial charge in [0.2, 0.25) is 0 Å². The van der Waals surface area contributed by atoms with Crippen molar-refractivity contribution in [1.29, 1.82) is 0 Å². The van der Waals surface area contributed by atoms with Gasteiger partial charge in [-0.1, -0.05) is 6.92 Å². The van der Waals surface area contributed by atoms with Gasteiger partial charge in [0.1, 0.15) is 0 Å². The molecule has 1 atom stereocenters. The Balaban J connectivity index is 0.00000256. The first kappa shape index (κ1) is 17.2. The van der Waals surface area contributed by atoms with Crippen LogP contribution in [0.4, 0.5) is 0 Å². The Morgan fingerprint density at radius 3 is 2.76 bits per heavy atom. The second kappa shape index (κ2) is 9.16. The summed E-state index contributed by atoms with van der Waals surface area (Å²) in [4.78, 5) is 5.48. The van der Waals surface area contributed by atoms with E-state index in [2.05, 4.69) is 56.8 Å². The SMILES string of the molecule is CCC(C)NC(=NC)NCc1cc(Br)cs1.I. The van der Waals surface area contributed by atoms with E-state index in [4.69, 9.17) is 0 Å². The normalized spacial score (nSPS) is 12.8. The maximum atomic E-state index is 4.19. The van der Waals surface area contributed by atoms with Crippen molar-refractivity contribution in [2.24, 2.45) is 4.99 Å². The highest BCUT2D eigenvalue weighted by Gasteiger charge is 2.03. The molecular formula is C11H19BrIN3S. The molecule has 2 N–H and O–H groups in total. The molecular weight excluding hydrogens is 413 g/mol. The minimum Gasteiger partial charge on any atom is -0.354 e. The van der Waals surface area contributed by atoms with Crippen LogP contribution in [0.5, 0.6) is 0 Å². The largest absolute Gasteiger partial charge is 0.354 e. The average Bonchev–Trinajstić information content (AvgIpc) is 2.69. The summed E-state index contributed by atoms with van der Waals surface area (Å²) in [5.41, 5.74) is 0. The van der Waals surface area contributed by atoms with Crippen LogP contribution in [0.3, 0.4) is 0 Å². The van der Waals surface area contributed by atoms with E-state index in [1.807, 2.05) is 0 Å². The maximum absolute atomic E-state index is 4.19. The molecule has 0 fully saturated rings. The van der Waals surface area contributed by atoms with Crippen LogP contribution in [-0.4, -0.2) is 19.0 Å². The average molecular weight is 432 g/mol. The van der Waals surface area contributed by atoms with Gasteiger partial charge in [0.25, 0.3) is 0 Å². The fraction of sp³-hybridized carbons (Fsp3) is 0.545. The summed E-state index contributed by atoms with van der Waals surface area (Å²) in [7, 11) is 1.79. The van der Waals surface area contributed by atoms with Gasteiger partial charge in [0, 0.05) is 27.8 Å². The van der Waals surface area contributed by atoms with Crippen LogP contribution in [0.2, 0.25) is 0 Å². The molecule has 0 aliphatic carbocycles. The Kier molecular flexibility index (Phi) is 9.25. The smallest absolute Gasteiger partial charge is 0.191 e. The topological polar surface area (TPSA) is 36.4 Å². The second-order valence-electron chi connectivity index (χ2n) is 3.61. The molecule has 1 rings (SSSR count). The predicted octanol–water partition coefficient (Wildman–Crippen LogP) is 3.59. The van der Waals surface area contributed by atoms with E-state index in [0.717, 1.165) is 23.4 Å². The Hall–Kier alpha value is 0.180. The molecule has 1 aromatic heterocycles. The van der Waals surface area contributed by atoms with Crippen LogP contribution in [0, 0.1) is 0 Å². The van der Waals surface area contributed by atoms with E-state index < -0.39 is 0 Å². The standard InChI is InChI=1S/C11H18BrN3S.HI/c1-4-8(2)15-11(13-3)14-6-10-5-9(12)7-16-10;/h5,7-8H,4,6H2,1-3H3,(H2,13,14,15);1H. The van der Waals surface area contributed by atoms with Gasteiger partial charge in [-0.25, -0.2) is 0 Å². The van der Waals surface area contributed by atoms with Crippen molar-refractivity contribution < 1.29 is 0 Å². The molecule has 1 aromatic rings. The molecule has 98 valence electrons. The van der Waals surface area contributed by atoms with Crippen LogP contribution in [0.25, 0.3) is 0 Å². The zero-order valence-electron chi connectivity index (χ0n) is 10.3. The second-order valence-corrected chi connectivity index (χ2v) is 5.52. The molecule has 0 saturated carbocycles. The third kappa shape index (κ3) is 6.61. The van der Waals surface area contributed by atoms with Crippen LogP contribution in [0.15, 0.2) is 20.9 Å². The minimum absolute atomic E-state index is 0. The first-order chi connectivity index (χ1) is 7.65. The molecule has 0 aliphatic rings. The Morgan fingerprint density at radius 2 is 2.29 bits per heavy atom. The lowest BCUT2D eigenvalue weighted by atomic mass is 10.3. The van der Waals surface area contributed by atoms with E-state index in [1.54, 1.807) is 18.4 Å². The van der Waals surface area contributed by atoms with Crippen molar-refractivity contribution in [3.8, 4) is 0 Å². The lowest BCUT2D eigenvalue weighted by Crippen LogP contribution is -2.41. The first-order valence-electron chi connectivity index (χ1n) is 5.35. The predicted molar refractivity (Wildman–Crippen MR) is 90.5 cm³/mol. The molecule has 1 unspecified atom stereocenters. The number of nitrogens with zero attached hydrogens (tertiary/aromatic N) is 1.